The van der Waals surface area contributed by atoms with Gasteiger partial charge in [0.25, 0.3) is 0 Å². The predicted octanol–water partition coefficient (Wildman–Crippen LogP) is -0.839. The van der Waals surface area contributed by atoms with E-state index in [9.17, 15) is 13.5 Å². The maximum Gasteiger partial charge on any atom is 0.228 e. The Bertz CT molecular complexity index is 1030. The first kappa shape index (κ1) is 21.6. The summed E-state index contributed by atoms with van der Waals surface area (Å²) < 4.78 is 30.7. The number of aliphatic hydroxyl groups is 1. The van der Waals surface area contributed by atoms with Crippen LogP contribution in [0, 0.1) is 0 Å². The molecule has 2 aliphatic heterocycles. The van der Waals surface area contributed by atoms with Crippen LogP contribution in [0.15, 0.2) is 18.5 Å². The first-order chi connectivity index (χ1) is 14.8. The molecular weight excluding hydrogens is 424 g/mol. The lowest BCUT2D eigenvalue weighted by atomic mass is 10.00. The van der Waals surface area contributed by atoms with Gasteiger partial charge < -0.3 is 25.8 Å². The molecule has 0 saturated carbocycles. The zero-order valence-corrected chi connectivity index (χ0v) is 18.0. The minimum atomic E-state index is -3.36. The van der Waals surface area contributed by atoms with Crippen LogP contribution in [-0.4, -0.2) is 95.6 Å². The van der Waals surface area contributed by atoms with Crippen LogP contribution in [0.3, 0.4) is 0 Å². The standard InChI is InChI=1S/C18H26N8O4S/c1-31(28,29)26-3-2-18(11-26,12-27)24-15-8-14(13-9-20-16(19)21-10-13)22-17(23-15)25-4-6-30-7-5-25/h8-10,27H,2-7,11-12H2,1H3,(H2,19,20,21)(H,22,23,24)/t18-/m0/s1. The summed E-state index contributed by atoms with van der Waals surface area (Å²) in [6.07, 6.45) is 4.79. The fourth-order valence-corrected chi connectivity index (χ4v) is 4.59. The summed E-state index contributed by atoms with van der Waals surface area (Å²) in [4.78, 5) is 19.4. The van der Waals surface area contributed by atoms with Gasteiger partial charge in [-0.1, -0.05) is 0 Å². The molecule has 0 aromatic carbocycles. The zero-order valence-electron chi connectivity index (χ0n) is 17.2. The molecule has 4 heterocycles. The Hall–Kier alpha value is -2.61. The fourth-order valence-electron chi connectivity index (χ4n) is 3.68. The Morgan fingerprint density at radius 3 is 2.55 bits per heavy atom. The van der Waals surface area contributed by atoms with E-state index >= 15 is 0 Å². The van der Waals surface area contributed by atoms with Crippen molar-refractivity contribution in [1.29, 1.82) is 0 Å². The number of rotatable bonds is 6. The van der Waals surface area contributed by atoms with Crippen LogP contribution in [0.1, 0.15) is 6.42 Å². The highest BCUT2D eigenvalue weighted by molar-refractivity contribution is 7.88. The molecule has 12 nitrogen and oxygen atoms in total. The van der Waals surface area contributed by atoms with E-state index in [0.717, 1.165) is 0 Å². The van der Waals surface area contributed by atoms with Crippen molar-refractivity contribution in [2.75, 3.05) is 68.2 Å². The number of anilines is 3. The molecule has 2 saturated heterocycles. The van der Waals surface area contributed by atoms with Gasteiger partial charge in [-0.05, 0) is 6.42 Å². The normalized spacial score (nSPS) is 22.6. The number of hydrogen-bond acceptors (Lipinski definition) is 11. The van der Waals surface area contributed by atoms with E-state index in [1.54, 1.807) is 18.5 Å². The fraction of sp³-hybridized carbons (Fsp3) is 0.556. The van der Waals surface area contributed by atoms with E-state index in [4.69, 9.17) is 10.5 Å². The molecule has 2 aliphatic rings. The second-order valence-electron chi connectivity index (χ2n) is 7.78. The van der Waals surface area contributed by atoms with Crippen LogP contribution >= 0.6 is 0 Å². The number of nitrogen functional groups attached to an aromatic ring is 1. The summed E-state index contributed by atoms with van der Waals surface area (Å²) in [6, 6.07) is 1.74. The number of sulfonamides is 1. The largest absolute Gasteiger partial charge is 0.394 e. The lowest BCUT2D eigenvalue weighted by molar-refractivity contribution is 0.122. The van der Waals surface area contributed by atoms with Crippen molar-refractivity contribution in [3.05, 3.63) is 18.5 Å². The van der Waals surface area contributed by atoms with Crippen LogP contribution in [0.25, 0.3) is 11.3 Å². The van der Waals surface area contributed by atoms with Gasteiger partial charge in [-0.25, -0.2) is 23.4 Å². The monoisotopic (exact) mass is 450 g/mol. The number of morpholine rings is 1. The van der Waals surface area contributed by atoms with Gasteiger partial charge in [0.15, 0.2) is 0 Å². The molecule has 0 radical (unpaired) electrons. The Kier molecular flexibility index (Phi) is 5.92. The first-order valence-electron chi connectivity index (χ1n) is 9.92. The number of aromatic nitrogens is 4. The quantitative estimate of drug-likeness (QED) is 0.503. The Labute approximate surface area is 180 Å². The molecule has 0 bridgehead atoms. The van der Waals surface area contributed by atoms with E-state index in [-0.39, 0.29) is 19.1 Å². The van der Waals surface area contributed by atoms with Crippen molar-refractivity contribution in [2.45, 2.75) is 12.0 Å². The van der Waals surface area contributed by atoms with E-state index < -0.39 is 15.6 Å². The third-order valence-electron chi connectivity index (χ3n) is 5.46. The number of nitrogens with zero attached hydrogens (tertiary/aromatic N) is 6. The van der Waals surface area contributed by atoms with Gasteiger partial charge in [0.1, 0.15) is 5.82 Å². The van der Waals surface area contributed by atoms with Gasteiger partial charge in [0.2, 0.25) is 21.9 Å². The summed E-state index contributed by atoms with van der Waals surface area (Å²) in [5, 5.41) is 13.4. The molecule has 2 aromatic rings. The Morgan fingerprint density at radius 2 is 1.94 bits per heavy atom. The number of nitrogens with one attached hydrogen (secondary N) is 1. The van der Waals surface area contributed by atoms with Crippen LogP contribution in [-0.2, 0) is 14.8 Å². The smallest absolute Gasteiger partial charge is 0.228 e. The van der Waals surface area contributed by atoms with Crippen molar-refractivity contribution in [3.63, 3.8) is 0 Å². The molecule has 2 aromatic heterocycles. The molecular formula is C18H26N8O4S. The molecule has 13 heteroatoms. The van der Waals surface area contributed by atoms with Gasteiger partial charge in [-0.3, -0.25) is 0 Å². The third kappa shape index (κ3) is 4.84. The molecule has 4 rings (SSSR count). The minimum absolute atomic E-state index is 0.152. The van der Waals surface area contributed by atoms with Crippen molar-refractivity contribution >= 4 is 27.7 Å². The lowest BCUT2D eigenvalue weighted by Gasteiger charge is -2.31. The first-order valence-corrected chi connectivity index (χ1v) is 11.8. The second-order valence-corrected chi connectivity index (χ2v) is 9.76. The predicted molar refractivity (Wildman–Crippen MR) is 115 cm³/mol. The third-order valence-corrected chi connectivity index (χ3v) is 6.71. The maximum absolute atomic E-state index is 12.0. The van der Waals surface area contributed by atoms with Gasteiger partial charge in [0, 0.05) is 50.2 Å². The number of ether oxygens (including phenoxy) is 1. The average Bonchev–Trinajstić information content (AvgIpc) is 3.20. The summed E-state index contributed by atoms with van der Waals surface area (Å²) in [5.41, 5.74) is 6.02. The topological polar surface area (TPSA) is 160 Å². The molecule has 0 spiro atoms. The summed E-state index contributed by atoms with van der Waals surface area (Å²) in [6.45, 7) is 2.68. The van der Waals surface area contributed by atoms with E-state index in [0.29, 0.717) is 62.3 Å². The average molecular weight is 451 g/mol. The molecule has 168 valence electrons. The van der Waals surface area contributed by atoms with Crippen molar-refractivity contribution in [3.8, 4) is 11.3 Å². The van der Waals surface area contributed by atoms with Gasteiger partial charge in [-0.15, -0.1) is 0 Å². The highest BCUT2D eigenvalue weighted by Crippen LogP contribution is 2.29. The van der Waals surface area contributed by atoms with Gasteiger partial charge in [0.05, 0.1) is 37.3 Å². The van der Waals surface area contributed by atoms with Crippen molar-refractivity contribution < 1.29 is 18.3 Å². The molecule has 1 atom stereocenters. The lowest BCUT2D eigenvalue weighted by Crippen LogP contribution is -2.46. The Morgan fingerprint density at radius 1 is 1.23 bits per heavy atom. The molecule has 2 fully saturated rings. The molecule has 0 amide bonds. The molecule has 4 N–H and O–H groups in total. The number of hydrogen-bond donors (Lipinski definition) is 3. The van der Waals surface area contributed by atoms with E-state index in [1.165, 1.54) is 10.6 Å². The Balaban J connectivity index is 1.68. The summed E-state index contributed by atoms with van der Waals surface area (Å²) in [7, 11) is -3.36. The van der Waals surface area contributed by atoms with Gasteiger partial charge >= 0.3 is 0 Å². The highest BCUT2D eigenvalue weighted by atomic mass is 32.2. The van der Waals surface area contributed by atoms with Crippen molar-refractivity contribution in [2.24, 2.45) is 0 Å². The van der Waals surface area contributed by atoms with Crippen molar-refractivity contribution in [1.82, 2.24) is 24.2 Å². The van der Waals surface area contributed by atoms with E-state index in [1.807, 2.05) is 4.90 Å². The maximum atomic E-state index is 12.0. The summed E-state index contributed by atoms with van der Waals surface area (Å²) >= 11 is 0. The van der Waals surface area contributed by atoms with Gasteiger partial charge in [-0.2, -0.15) is 9.29 Å². The molecule has 0 unspecified atom stereocenters. The molecule has 0 aliphatic carbocycles. The van der Waals surface area contributed by atoms with E-state index in [2.05, 4.69) is 25.3 Å². The van der Waals surface area contributed by atoms with Crippen LogP contribution < -0.4 is 16.0 Å². The van der Waals surface area contributed by atoms with Crippen LogP contribution in [0.4, 0.5) is 17.7 Å². The van der Waals surface area contributed by atoms with Crippen LogP contribution in [0.2, 0.25) is 0 Å². The second kappa shape index (κ2) is 8.49. The highest BCUT2D eigenvalue weighted by Gasteiger charge is 2.41. The zero-order chi connectivity index (χ0) is 22.1. The SMILES string of the molecule is CS(=O)(=O)N1CC[C@](CO)(Nc2cc(-c3cnc(N)nc3)nc(N3CCOCC3)n2)C1. The van der Waals surface area contributed by atoms with Crippen LogP contribution in [0.5, 0.6) is 0 Å². The summed E-state index contributed by atoms with van der Waals surface area (Å²) in [5.74, 6) is 1.15. The molecule has 31 heavy (non-hydrogen) atoms. The number of aliphatic hydroxyl groups excluding tert-OH is 1. The number of nitrogens with two attached hydrogens (primary N) is 1. The minimum Gasteiger partial charge on any atom is -0.394 e.